The molecule has 1 fully saturated rings. The lowest BCUT2D eigenvalue weighted by molar-refractivity contribution is 0.121. The van der Waals surface area contributed by atoms with Gasteiger partial charge in [0.2, 0.25) is 0 Å². The smallest absolute Gasteiger partial charge is 0.126 e. The molecule has 1 aliphatic rings. The zero-order valence-corrected chi connectivity index (χ0v) is 8.66. The molecule has 3 nitrogen and oxygen atoms in total. The number of ether oxygens (including phenoxy) is 1. The molecule has 2 unspecified atom stereocenters. The normalized spacial score (nSPS) is 26.4. The molecule has 2 heterocycles. The van der Waals surface area contributed by atoms with E-state index in [4.69, 9.17) is 4.74 Å². The van der Waals surface area contributed by atoms with Crippen molar-refractivity contribution in [1.29, 1.82) is 0 Å². The van der Waals surface area contributed by atoms with Gasteiger partial charge in [0.15, 0.2) is 0 Å². The quantitative estimate of drug-likeness (QED) is 0.778. The maximum Gasteiger partial charge on any atom is 0.126 e. The summed E-state index contributed by atoms with van der Waals surface area (Å²) in [6.45, 7) is 4.95. The van der Waals surface area contributed by atoms with Gasteiger partial charge in [-0.3, -0.25) is 0 Å². The standard InChI is InChI=1S/C11H16N2O/c1-8-4-3-5-11(12-8)13-10-6-7-14-9(10)2/h3-5,9-10H,6-7H2,1-2H3,(H,12,13). The first-order valence-corrected chi connectivity index (χ1v) is 5.07. The van der Waals surface area contributed by atoms with Gasteiger partial charge in [-0.15, -0.1) is 0 Å². The van der Waals surface area contributed by atoms with Crippen LogP contribution in [0.25, 0.3) is 0 Å². The van der Waals surface area contributed by atoms with E-state index >= 15 is 0 Å². The van der Waals surface area contributed by atoms with Crippen LogP contribution in [0.2, 0.25) is 0 Å². The minimum Gasteiger partial charge on any atom is -0.376 e. The SMILES string of the molecule is Cc1cccc(NC2CCOC2C)n1. The second-order valence-corrected chi connectivity index (χ2v) is 3.78. The Morgan fingerprint density at radius 2 is 2.36 bits per heavy atom. The van der Waals surface area contributed by atoms with Gasteiger partial charge in [0, 0.05) is 12.3 Å². The summed E-state index contributed by atoms with van der Waals surface area (Å²) in [5, 5.41) is 3.40. The number of hydrogen-bond acceptors (Lipinski definition) is 3. The van der Waals surface area contributed by atoms with Crippen molar-refractivity contribution in [2.45, 2.75) is 32.4 Å². The number of aromatic nitrogens is 1. The Morgan fingerprint density at radius 3 is 3.00 bits per heavy atom. The molecule has 3 heteroatoms. The number of nitrogens with one attached hydrogen (secondary N) is 1. The average molecular weight is 192 g/mol. The first kappa shape index (κ1) is 9.46. The Hall–Kier alpha value is -1.09. The number of anilines is 1. The lowest BCUT2D eigenvalue weighted by Crippen LogP contribution is -2.27. The van der Waals surface area contributed by atoms with Gasteiger partial charge in [-0.1, -0.05) is 6.07 Å². The molecular formula is C11H16N2O. The van der Waals surface area contributed by atoms with E-state index in [1.807, 2.05) is 25.1 Å². The third-order valence-electron chi connectivity index (χ3n) is 2.60. The Bertz CT molecular complexity index is 314. The predicted octanol–water partition coefficient (Wildman–Crippen LogP) is 1.98. The average Bonchev–Trinajstić information content (AvgIpc) is 2.52. The van der Waals surface area contributed by atoms with Gasteiger partial charge in [0.25, 0.3) is 0 Å². The van der Waals surface area contributed by atoms with E-state index in [1.54, 1.807) is 0 Å². The molecule has 0 spiro atoms. The van der Waals surface area contributed by atoms with Crippen molar-refractivity contribution >= 4 is 5.82 Å². The molecule has 0 bridgehead atoms. The summed E-state index contributed by atoms with van der Waals surface area (Å²) >= 11 is 0. The van der Waals surface area contributed by atoms with Crippen molar-refractivity contribution in [2.24, 2.45) is 0 Å². The highest BCUT2D eigenvalue weighted by molar-refractivity contribution is 5.36. The predicted molar refractivity (Wildman–Crippen MR) is 56.4 cm³/mol. The molecule has 2 rings (SSSR count). The molecular weight excluding hydrogens is 176 g/mol. The maximum absolute atomic E-state index is 5.48. The van der Waals surface area contributed by atoms with E-state index in [1.165, 1.54) is 0 Å². The van der Waals surface area contributed by atoms with Crippen LogP contribution in [0.1, 0.15) is 19.0 Å². The minimum atomic E-state index is 0.289. The van der Waals surface area contributed by atoms with Crippen LogP contribution in [-0.4, -0.2) is 23.7 Å². The summed E-state index contributed by atoms with van der Waals surface area (Å²) in [4.78, 5) is 4.40. The summed E-state index contributed by atoms with van der Waals surface area (Å²) in [5.74, 6) is 0.951. The second-order valence-electron chi connectivity index (χ2n) is 3.78. The van der Waals surface area contributed by atoms with Gasteiger partial charge in [0.1, 0.15) is 5.82 Å². The highest BCUT2D eigenvalue weighted by Gasteiger charge is 2.23. The molecule has 0 aliphatic carbocycles. The fraction of sp³-hybridized carbons (Fsp3) is 0.545. The summed E-state index contributed by atoms with van der Waals surface area (Å²) in [6.07, 6.45) is 1.36. The van der Waals surface area contributed by atoms with E-state index in [0.717, 1.165) is 24.5 Å². The molecule has 1 aromatic rings. The van der Waals surface area contributed by atoms with E-state index in [0.29, 0.717) is 6.04 Å². The Balaban J connectivity index is 2.03. The highest BCUT2D eigenvalue weighted by Crippen LogP contribution is 2.17. The van der Waals surface area contributed by atoms with Gasteiger partial charge >= 0.3 is 0 Å². The molecule has 1 saturated heterocycles. The van der Waals surface area contributed by atoms with Crippen molar-refractivity contribution in [3.05, 3.63) is 23.9 Å². The molecule has 1 aliphatic heterocycles. The molecule has 0 radical (unpaired) electrons. The largest absolute Gasteiger partial charge is 0.376 e. The zero-order chi connectivity index (χ0) is 9.97. The van der Waals surface area contributed by atoms with Crippen LogP contribution < -0.4 is 5.32 Å². The molecule has 0 saturated carbocycles. The Labute approximate surface area is 84.5 Å². The molecule has 0 aromatic carbocycles. The van der Waals surface area contributed by atoms with Crippen LogP contribution in [0, 0.1) is 6.92 Å². The fourth-order valence-electron chi connectivity index (χ4n) is 1.73. The molecule has 1 aromatic heterocycles. The number of pyridine rings is 1. The molecule has 14 heavy (non-hydrogen) atoms. The number of aryl methyl sites for hydroxylation is 1. The lowest BCUT2D eigenvalue weighted by Gasteiger charge is -2.16. The summed E-state index contributed by atoms with van der Waals surface area (Å²) in [7, 11) is 0. The monoisotopic (exact) mass is 192 g/mol. The number of rotatable bonds is 2. The van der Waals surface area contributed by atoms with Crippen molar-refractivity contribution in [3.8, 4) is 0 Å². The van der Waals surface area contributed by atoms with Gasteiger partial charge in [-0.25, -0.2) is 4.98 Å². The Morgan fingerprint density at radius 1 is 1.50 bits per heavy atom. The first-order valence-electron chi connectivity index (χ1n) is 5.07. The van der Waals surface area contributed by atoms with E-state index in [-0.39, 0.29) is 6.10 Å². The number of nitrogens with zero attached hydrogens (tertiary/aromatic N) is 1. The van der Waals surface area contributed by atoms with Crippen molar-refractivity contribution < 1.29 is 4.74 Å². The van der Waals surface area contributed by atoms with Crippen LogP contribution >= 0.6 is 0 Å². The zero-order valence-electron chi connectivity index (χ0n) is 8.66. The van der Waals surface area contributed by atoms with Gasteiger partial charge in [0.05, 0.1) is 12.1 Å². The number of hydrogen-bond donors (Lipinski definition) is 1. The first-order chi connectivity index (χ1) is 6.75. The van der Waals surface area contributed by atoms with Crippen molar-refractivity contribution in [1.82, 2.24) is 4.98 Å². The van der Waals surface area contributed by atoms with E-state index in [2.05, 4.69) is 17.2 Å². The molecule has 0 amide bonds. The van der Waals surface area contributed by atoms with Gasteiger partial charge in [-0.05, 0) is 32.4 Å². The van der Waals surface area contributed by atoms with Crippen molar-refractivity contribution in [2.75, 3.05) is 11.9 Å². The van der Waals surface area contributed by atoms with Crippen LogP contribution in [-0.2, 0) is 4.74 Å². The topological polar surface area (TPSA) is 34.1 Å². The Kier molecular flexibility index (Phi) is 2.68. The highest BCUT2D eigenvalue weighted by atomic mass is 16.5. The minimum absolute atomic E-state index is 0.289. The third kappa shape index (κ3) is 2.04. The molecule has 2 atom stereocenters. The summed E-state index contributed by atoms with van der Waals surface area (Å²) < 4.78 is 5.48. The van der Waals surface area contributed by atoms with Crippen LogP contribution in [0.15, 0.2) is 18.2 Å². The fourth-order valence-corrected chi connectivity index (χ4v) is 1.73. The second kappa shape index (κ2) is 3.96. The van der Waals surface area contributed by atoms with Gasteiger partial charge < -0.3 is 10.1 Å². The van der Waals surface area contributed by atoms with E-state index in [9.17, 15) is 0 Å². The van der Waals surface area contributed by atoms with Gasteiger partial charge in [-0.2, -0.15) is 0 Å². The molecule has 76 valence electrons. The maximum atomic E-state index is 5.48. The van der Waals surface area contributed by atoms with Crippen LogP contribution in [0.5, 0.6) is 0 Å². The van der Waals surface area contributed by atoms with Crippen LogP contribution in [0.3, 0.4) is 0 Å². The summed E-state index contributed by atoms with van der Waals surface area (Å²) in [6, 6.07) is 6.42. The van der Waals surface area contributed by atoms with E-state index < -0.39 is 0 Å². The third-order valence-corrected chi connectivity index (χ3v) is 2.60. The van der Waals surface area contributed by atoms with Crippen LogP contribution in [0.4, 0.5) is 5.82 Å². The van der Waals surface area contributed by atoms with Crippen molar-refractivity contribution in [3.63, 3.8) is 0 Å². The molecule has 1 N–H and O–H groups in total. The lowest BCUT2D eigenvalue weighted by atomic mass is 10.1. The summed E-state index contributed by atoms with van der Waals surface area (Å²) in [5.41, 5.74) is 1.04.